The molecular formula is C17H19O4P. The molecule has 0 bridgehead atoms. The lowest BCUT2D eigenvalue weighted by molar-refractivity contribution is 0.112. The van der Waals surface area contributed by atoms with Gasteiger partial charge in [-0.1, -0.05) is 42.5 Å². The standard InChI is InChI=1S/C17H19O4P/c1-4-17(2,3)21-22(18,19-15-11-7-5-8-12-15)20-16-13-9-6-10-14-16/h4-14H,1H2,2-3H3. The lowest BCUT2D eigenvalue weighted by atomic mass is 10.1. The Kier molecular flexibility index (Phi) is 5.07. The Morgan fingerprint density at radius 1 is 0.909 bits per heavy atom. The number of para-hydroxylation sites is 2. The summed E-state index contributed by atoms with van der Waals surface area (Å²) >= 11 is 0. The van der Waals surface area contributed by atoms with Crippen LogP contribution in [0.1, 0.15) is 13.8 Å². The molecule has 22 heavy (non-hydrogen) atoms. The molecular weight excluding hydrogens is 299 g/mol. The number of benzene rings is 2. The van der Waals surface area contributed by atoms with Crippen LogP contribution in [-0.4, -0.2) is 5.60 Å². The summed E-state index contributed by atoms with van der Waals surface area (Å²) in [5, 5.41) is 0. The molecule has 0 spiro atoms. The van der Waals surface area contributed by atoms with E-state index in [-0.39, 0.29) is 0 Å². The van der Waals surface area contributed by atoms with Gasteiger partial charge in [0, 0.05) is 0 Å². The highest BCUT2D eigenvalue weighted by atomic mass is 31.2. The monoisotopic (exact) mass is 318 g/mol. The first kappa shape index (κ1) is 16.3. The summed E-state index contributed by atoms with van der Waals surface area (Å²) in [6.45, 7) is 7.14. The van der Waals surface area contributed by atoms with Crippen LogP contribution in [-0.2, 0) is 9.09 Å². The summed E-state index contributed by atoms with van der Waals surface area (Å²) < 4.78 is 29.6. The summed E-state index contributed by atoms with van der Waals surface area (Å²) in [6, 6.07) is 17.5. The van der Waals surface area contributed by atoms with Crippen molar-refractivity contribution in [3.63, 3.8) is 0 Å². The molecule has 0 aliphatic carbocycles. The molecule has 0 amide bonds. The Morgan fingerprint density at radius 2 is 1.32 bits per heavy atom. The Balaban J connectivity index is 2.27. The molecule has 0 fully saturated rings. The van der Waals surface area contributed by atoms with Gasteiger partial charge in [-0.15, -0.1) is 6.58 Å². The normalized spacial score (nSPS) is 11.7. The number of hydrogen-bond donors (Lipinski definition) is 0. The molecule has 0 heterocycles. The van der Waals surface area contributed by atoms with E-state index in [0.717, 1.165) is 0 Å². The van der Waals surface area contributed by atoms with E-state index >= 15 is 0 Å². The molecule has 0 N–H and O–H groups in total. The molecule has 0 unspecified atom stereocenters. The second kappa shape index (κ2) is 6.82. The molecule has 2 aromatic carbocycles. The maximum atomic E-state index is 13.0. The molecule has 0 saturated heterocycles. The zero-order valence-electron chi connectivity index (χ0n) is 12.6. The third-order valence-electron chi connectivity index (χ3n) is 2.76. The third-order valence-corrected chi connectivity index (χ3v) is 4.32. The minimum atomic E-state index is -3.87. The van der Waals surface area contributed by atoms with Crippen molar-refractivity contribution in [2.75, 3.05) is 0 Å². The molecule has 116 valence electrons. The quantitative estimate of drug-likeness (QED) is 0.518. The highest BCUT2D eigenvalue weighted by Gasteiger charge is 2.37. The van der Waals surface area contributed by atoms with Crippen LogP contribution in [0.25, 0.3) is 0 Å². The Hall–Kier alpha value is -2.03. The minimum absolute atomic E-state index is 0.404. The van der Waals surface area contributed by atoms with Crippen LogP contribution in [0.2, 0.25) is 0 Å². The predicted octanol–water partition coefficient (Wildman–Crippen LogP) is 5.23. The Labute approximate surface area is 131 Å². The van der Waals surface area contributed by atoms with E-state index in [1.54, 1.807) is 68.5 Å². The van der Waals surface area contributed by atoms with Crippen molar-refractivity contribution in [1.29, 1.82) is 0 Å². The van der Waals surface area contributed by atoms with Crippen LogP contribution in [0, 0.1) is 0 Å². The first-order valence-corrected chi connectivity index (χ1v) is 8.32. The SMILES string of the molecule is C=CC(C)(C)OP(=O)(Oc1ccccc1)Oc1ccccc1. The predicted molar refractivity (Wildman–Crippen MR) is 87.1 cm³/mol. The van der Waals surface area contributed by atoms with Crippen molar-refractivity contribution in [3.05, 3.63) is 73.3 Å². The summed E-state index contributed by atoms with van der Waals surface area (Å²) in [5.41, 5.74) is -0.862. The molecule has 0 aliphatic heterocycles. The maximum Gasteiger partial charge on any atom is 0.588 e. The van der Waals surface area contributed by atoms with E-state index in [1.807, 2.05) is 12.1 Å². The van der Waals surface area contributed by atoms with Gasteiger partial charge in [0.05, 0.1) is 5.60 Å². The fourth-order valence-electron chi connectivity index (χ4n) is 1.60. The molecule has 0 aromatic heterocycles. The molecule has 4 nitrogen and oxygen atoms in total. The molecule has 0 radical (unpaired) electrons. The van der Waals surface area contributed by atoms with E-state index in [2.05, 4.69) is 6.58 Å². The van der Waals surface area contributed by atoms with Crippen LogP contribution < -0.4 is 9.05 Å². The minimum Gasteiger partial charge on any atom is -0.395 e. The summed E-state index contributed by atoms with van der Waals surface area (Å²) in [6.07, 6.45) is 1.54. The smallest absolute Gasteiger partial charge is 0.395 e. The van der Waals surface area contributed by atoms with E-state index in [4.69, 9.17) is 13.6 Å². The van der Waals surface area contributed by atoms with Gasteiger partial charge in [-0.05, 0) is 38.1 Å². The van der Waals surface area contributed by atoms with Crippen molar-refractivity contribution >= 4 is 7.82 Å². The highest BCUT2D eigenvalue weighted by molar-refractivity contribution is 7.49. The topological polar surface area (TPSA) is 44.8 Å². The van der Waals surface area contributed by atoms with Crippen LogP contribution in [0.4, 0.5) is 0 Å². The first-order chi connectivity index (χ1) is 10.4. The van der Waals surface area contributed by atoms with E-state index in [0.29, 0.717) is 11.5 Å². The molecule has 5 heteroatoms. The largest absolute Gasteiger partial charge is 0.588 e. The van der Waals surface area contributed by atoms with Gasteiger partial charge in [-0.3, -0.25) is 4.52 Å². The molecule has 0 atom stereocenters. The number of phosphoric ester groups is 1. The van der Waals surface area contributed by atoms with Gasteiger partial charge in [0.2, 0.25) is 0 Å². The van der Waals surface area contributed by atoms with Crippen LogP contribution in [0.5, 0.6) is 11.5 Å². The number of phosphoric acid groups is 1. The van der Waals surface area contributed by atoms with Crippen molar-refractivity contribution in [3.8, 4) is 11.5 Å². The van der Waals surface area contributed by atoms with Gasteiger partial charge < -0.3 is 9.05 Å². The van der Waals surface area contributed by atoms with Crippen molar-refractivity contribution in [1.82, 2.24) is 0 Å². The van der Waals surface area contributed by atoms with Gasteiger partial charge in [-0.25, -0.2) is 4.57 Å². The van der Waals surface area contributed by atoms with E-state index < -0.39 is 13.4 Å². The fraction of sp³-hybridized carbons (Fsp3) is 0.176. The fourth-order valence-corrected chi connectivity index (χ4v) is 3.12. The number of rotatable bonds is 7. The van der Waals surface area contributed by atoms with Crippen LogP contribution in [0.3, 0.4) is 0 Å². The van der Waals surface area contributed by atoms with Gasteiger partial charge in [0.1, 0.15) is 11.5 Å². The summed E-state index contributed by atoms with van der Waals surface area (Å²) in [4.78, 5) is 0. The zero-order chi connectivity index (χ0) is 16.1. The van der Waals surface area contributed by atoms with E-state index in [9.17, 15) is 4.57 Å². The summed E-state index contributed by atoms with van der Waals surface area (Å²) in [5.74, 6) is 0.809. The molecule has 0 saturated carbocycles. The van der Waals surface area contributed by atoms with Crippen molar-refractivity contribution in [2.45, 2.75) is 19.4 Å². The first-order valence-electron chi connectivity index (χ1n) is 6.86. The number of hydrogen-bond acceptors (Lipinski definition) is 4. The van der Waals surface area contributed by atoms with Gasteiger partial charge in [-0.2, -0.15) is 0 Å². The van der Waals surface area contributed by atoms with Gasteiger partial charge in [0.15, 0.2) is 0 Å². The van der Waals surface area contributed by atoms with Gasteiger partial charge >= 0.3 is 7.82 Å². The average Bonchev–Trinajstić information content (AvgIpc) is 2.48. The summed E-state index contributed by atoms with van der Waals surface area (Å²) in [7, 11) is -3.87. The average molecular weight is 318 g/mol. The van der Waals surface area contributed by atoms with Crippen LogP contribution >= 0.6 is 7.82 Å². The van der Waals surface area contributed by atoms with Crippen molar-refractivity contribution < 1.29 is 18.1 Å². The lowest BCUT2D eigenvalue weighted by Crippen LogP contribution is -2.22. The zero-order valence-corrected chi connectivity index (χ0v) is 13.5. The molecule has 2 aromatic rings. The maximum absolute atomic E-state index is 13.0. The van der Waals surface area contributed by atoms with Gasteiger partial charge in [0.25, 0.3) is 0 Å². The Bertz CT molecular complexity index is 607. The second-order valence-electron chi connectivity index (χ2n) is 5.15. The molecule has 2 rings (SSSR count). The van der Waals surface area contributed by atoms with E-state index in [1.165, 1.54) is 0 Å². The van der Waals surface area contributed by atoms with Crippen LogP contribution in [0.15, 0.2) is 73.3 Å². The van der Waals surface area contributed by atoms with Crippen molar-refractivity contribution in [2.24, 2.45) is 0 Å². The highest BCUT2D eigenvalue weighted by Crippen LogP contribution is 2.52. The molecule has 0 aliphatic rings. The third kappa shape index (κ3) is 4.76. The Morgan fingerprint density at radius 3 is 1.68 bits per heavy atom. The lowest BCUT2D eigenvalue weighted by Gasteiger charge is -2.26. The second-order valence-corrected chi connectivity index (χ2v) is 6.60.